The number of amides is 3. The molecule has 0 aliphatic carbocycles. The summed E-state index contributed by atoms with van der Waals surface area (Å²) in [6.45, 7) is 14.0. The molecule has 3 N–H and O–H groups in total. The summed E-state index contributed by atoms with van der Waals surface area (Å²) in [6, 6.07) is 6.52. The summed E-state index contributed by atoms with van der Waals surface area (Å²) in [5.41, 5.74) is 5.72. The van der Waals surface area contributed by atoms with Crippen LogP contribution in [-0.4, -0.2) is 78.6 Å². The van der Waals surface area contributed by atoms with Crippen molar-refractivity contribution in [3.05, 3.63) is 29.8 Å². The maximum absolute atomic E-state index is 13.0. The third-order valence-corrected chi connectivity index (χ3v) is 6.83. The third-order valence-electron chi connectivity index (χ3n) is 6.83. The number of primary amides is 1. The number of carbonyl (C=O) groups is 3. The van der Waals surface area contributed by atoms with E-state index in [1.54, 1.807) is 20.8 Å². The number of rotatable bonds is 6. The molecule has 3 rings (SSSR count). The van der Waals surface area contributed by atoms with Gasteiger partial charge in [-0.05, 0) is 65.9 Å². The average molecular weight is 517 g/mol. The van der Waals surface area contributed by atoms with E-state index in [0.717, 1.165) is 11.0 Å². The Labute approximate surface area is 219 Å². The smallest absolute Gasteiger partial charge is 0.444 e. The van der Waals surface area contributed by atoms with E-state index >= 15 is 0 Å². The molecule has 0 unspecified atom stereocenters. The molecule has 1 aromatic rings. The Kier molecular flexibility index (Phi) is 8.61. The SMILES string of the molecule is CC(C)(C)OC(=O)N1CCCO[C@H](C(=O)N[C@@H](Cc2ccc(B3OC(C)(C)C(C)(C)O3)cc2)C(N)=O)C1. The van der Waals surface area contributed by atoms with Gasteiger partial charge in [0.2, 0.25) is 5.91 Å². The minimum absolute atomic E-state index is 0.0228. The summed E-state index contributed by atoms with van der Waals surface area (Å²) in [5, 5.41) is 2.69. The fraction of sp³-hybridized carbons (Fsp3) is 0.654. The van der Waals surface area contributed by atoms with E-state index in [-0.39, 0.29) is 13.0 Å². The fourth-order valence-electron chi connectivity index (χ4n) is 3.99. The highest BCUT2D eigenvalue weighted by molar-refractivity contribution is 6.62. The number of benzene rings is 1. The van der Waals surface area contributed by atoms with Crippen molar-refractivity contribution in [2.75, 3.05) is 19.7 Å². The first-order valence-corrected chi connectivity index (χ1v) is 12.7. The van der Waals surface area contributed by atoms with Crippen LogP contribution in [0.2, 0.25) is 0 Å². The van der Waals surface area contributed by atoms with Gasteiger partial charge in [-0.3, -0.25) is 9.59 Å². The van der Waals surface area contributed by atoms with Crippen LogP contribution in [0.25, 0.3) is 0 Å². The minimum Gasteiger partial charge on any atom is -0.444 e. The van der Waals surface area contributed by atoms with Crippen molar-refractivity contribution >= 4 is 30.5 Å². The summed E-state index contributed by atoms with van der Waals surface area (Å²) in [4.78, 5) is 39.2. The molecule has 3 amide bonds. The van der Waals surface area contributed by atoms with Crippen molar-refractivity contribution in [3.8, 4) is 0 Å². The largest absolute Gasteiger partial charge is 0.494 e. The lowest BCUT2D eigenvalue weighted by molar-refractivity contribution is -0.136. The van der Waals surface area contributed by atoms with Gasteiger partial charge in [0.15, 0.2) is 6.10 Å². The van der Waals surface area contributed by atoms with Gasteiger partial charge in [-0.25, -0.2) is 4.79 Å². The van der Waals surface area contributed by atoms with Gasteiger partial charge in [0.25, 0.3) is 5.91 Å². The lowest BCUT2D eigenvalue weighted by atomic mass is 9.78. The number of nitrogens with zero attached hydrogens (tertiary/aromatic N) is 1. The van der Waals surface area contributed by atoms with E-state index in [1.165, 1.54) is 4.90 Å². The molecule has 0 bridgehead atoms. The zero-order chi connectivity index (χ0) is 27.6. The van der Waals surface area contributed by atoms with Crippen molar-refractivity contribution in [3.63, 3.8) is 0 Å². The van der Waals surface area contributed by atoms with Crippen LogP contribution in [0.1, 0.15) is 60.5 Å². The first kappa shape index (κ1) is 28.9. The van der Waals surface area contributed by atoms with Crippen molar-refractivity contribution in [1.82, 2.24) is 10.2 Å². The van der Waals surface area contributed by atoms with Crippen molar-refractivity contribution < 1.29 is 33.2 Å². The maximum atomic E-state index is 13.0. The van der Waals surface area contributed by atoms with Crippen LogP contribution in [0.5, 0.6) is 0 Å². The van der Waals surface area contributed by atoms with Crippen LogP contribution in [0, 0.1) is 0 Å². The number of ether oxygens (including phenoxy) is 2. The van der Waals surface area contributed by atoms with Crippen LogP contribution in [-0.2, 0) is 34.8 Å². The number of nitrogens with one attached hydrogen (secondary N) is 1. The molecule has 11 heteroatoms. The molecule has 2 fully saturated rings. The first-order chi connectivity index (χ1) is 17.1. The molecule has 10 nitrogen and oxygen atoms in total. The van der Waals surface area contributed by atoms with Crippen LogP contribution in [0.4, 0.5) is 4.79 Å². The molecule has 0 saturated carbocycles. The van der Waals surface area contributed by atoms with Gasteiger partial charge in [-0.1, -0.05) is 24.3 Å². The maximum Gasteiger partial charge on any atom is 0.494 e. The minimum atomic E-state index is -0.947. The highest BCUT2D eigenvalue weighted by Gasteiger charge is 2.51. The van der Waals surface area contributed by atoms with Crippen LogP contribution in [0.3, 0.4) is 0 Å². The van der Waals surface area contributed by atoms with E-state index in [9.17, 15) is 14.4 Å². The molecule has 1 aromatic carbocycles. The summed E-state index contributed by atoms with van der Waals surface area (Å²) < 4.78 is 23.3. The lowest BCUT2D eigenvalue weighted by Gasteiger charge is -2.32. The van der Waals surface area contributed by atoms with Crippen molar-refractivity contribution in [2.24, 2.45) is 5.73 Å². The number of hydrogen-bond donors (Lipinski definition) is 2. The fourth-order valence-corrected chi connectivity index (χ4v) is 3.99. The van der Waals surface area contributed by atoms with Crippen molar-refractivity contribution in [2.45, 2.75) is 90.3 Å². The second kappa shape index (κ2) is 11.0. The number of carbonyl (C=O) groups excluding carboxylic acids is 3. The third kappa shape index (κ3) is 7.46. The molecular weight excluding hydrogens is 477 g/mol. The summed E-state index contributed by atoms with van der Waals surface area (Å²) in [7, 11) is -0.494. The van der Waals surface area contributed by atoms with Gasteiger partial charge in [-0.15, -0.1) is 0 Å². The Hall–Kier alpha value is -2.63. The summed E-state index contributed by atoms with van der Waals surface area (Å²) in [5.74, 6) is -1.17. The summed E-state index contributed by atoms with van der Waals surface area (Å²) >= 11 is 0. The molecule has 0 spiro atoms. The monoisotopic (exact) mass is 517 g/mol. The predicted molar refractivity (Wildman–Crippen MR) is 139 cm³/mol. The van der Waals surface area contributed by atoms with E-state index in [2.05, 4.69) is 5.32 Å². The molecule has 0 radical (unpaired) electrons. The Morgan fingerprint density at radius 3 is 2.27 bits per heavy atom. The van der Waals surface area contributed by atoms with Crippen LogP contribution in [0.15, 0.2) is 24.3 Å². The topological polar surface area (TPSA) is 129 Å². The molecule has 2 aliphatic heterocycles. The highest BCUT2D eigenvalue weighted by Crippen LogP contribution is 2.36. The molecule has 2 aliphatic rings. The van der Waals surface area contributed by atoms with Gasteiger partial charge in [0.05, 0.1) is 17.7 Å². The van der Waals surface area contributed by atoms with Gasteiger partial charge >= 0.3 is 13.2 Å². The average Bonchev–Trinajstić information content (AvgIpc) is 2.94. The van der Waals surface area contributed by atoms with E-state index < -0.39 is 54.0 Å². The molecule has 37 heavy (non-hydrogen) atoms. The lowest BCUT2D eigenvalue weighted by Crippen LogP contribution is -2.52. The van der Waals surface area contributed by atoms with E-state index in [4.69, 9.17) is 24.5 Å². The highest BCUT2D eigenvalue weighted by atomic mass is 16.7. The molecule has 204 valence electrons. The molecular formula is C26H40BN3O7. The van der Waals surface area contributed by atoms with Gasteiger partial charge < -0.3 is 34.7 Å². The van der Waals surface area contributed by atoms with E-state index in [0.29, 0.717) is 19.6 Å². The van der Waals surface area contributed by atoms with Crippen LogP contribution >= 0.6 is 0 Å². The van der Waals surface area contributed by atoms with E-state index in [1.807, 2.05) is 52.0 Å². The zero-order valence-electron chi connectivity index (χ0n) is 23.0. The predicted octanol–water partition coefficient (Wildman–Crippen LogP) is 1.52. The molecule has 2 atom stereocenters. The number of hydrogen-bond acceptors (Lipinski definition) is 7. The Bertz CT molecular complexity index is 975. The first-order valence-electron chi connectivity index (χ1n) is 12.7. The number of nitrogens with two attached hydrogens (primary N) is 1. The zero-order valence-corrected chi connectivity index (χ0v) is 23.0. The molecule has 2 heterocycles. The van der Waals surface area contributed by atoms with Gasteiger partial charge in [-0.2, -0.15) is 0 Å². The second-order valence-corrected chi connectivity index (χ2v) is 11.6. The second-order valence-electron chi connectivity index (χ2n) is 11.6. The van der Waals surface area contributed by atoms with Crippen molar-refractivity contribution in [1.29, 1.82) is 0 Å². The Morgan fingerprint density at radius 1 is 1.14 bits per heavy atom. The summed E-state index contributed by atoms with van der Waals surface area (Å²) in [6.07, 6.45) is -0.683. The Balaban J connectivity index is 1.62. The van der Waals surface area contributed by atoms with Gasteiger partial charge in [0, 0.05) is 19.6 Å². The van der Waals surface area contributed by atoms with Gasteiger partial charge in [0.1, 0.15) is 11.6 Å². The quantitative estimate of drug-likeness (QED) is 0.548. The normalized spacial score (nSPS) is 22.2. The Morgan fingerprint density at radius 2 is 1.73 bits per heavy atom. The van der Waals surface area contributed by atoms with Crippen LogP contribution < -0.4 is 16.5 Å². The standard InChI is InChI=1S/C26H40BN3O7/c1-24(2,3)35-23(33)30-13-8-14-34-20(16-30)22(32)29-19(21(28)31)15-17-9-11-18(12-10-17)27-36-25(4,5)26(6,7)37-27/h9-12,19-20H,8,13-16H2,1-7H3,(H2,28,31)(H,29,32)/t19-,20-/m0/s1. The molecule has 2 saturated heterocycles. The molecule has 0 aromatic heterocycles.